The van der Waals surface area contributed by atoms with E-state index in [1.54, 1.807) is 60.7 Å². The molecule has 12 heteroatoms. The number of carbonyl (C=O) groups is 3. The quantitative estimate of drug-likeness (QED) is 0.254. The minimum absolute atomic E-state index is 0.0811. The first-order valence-electron chi connectivity index (χ1n) is 11.4. The van der Waals surface area contributed by atoms with Crippen LogP contribution in [0.2, 0.25) is 15.1 Å². The van der Waals surface area contributed by atoms with Crippen molar-refractivity contribution in [3.63, 3.8) is 0 Å². The van der Waals surface area contributed by atoms with Crippen molar-refractivity contribution < 1.29 is 28.6 Å². The Balaban J connectivity index is 1.39. The van der Waals surface area contributed by atoms with E-state index in [-0.39, 0.29) is 41.2 Å². The molecule has 1 aliphatic rings. The fourth-order valence-corrected chi connectivity index (χ4v) is 4.93. The molecule has 0 aliphatic carbocycles. The second kappa shape index (κ2) is 13.1. The number of rotatable bonds is 10. The number of nitrogens with zero attached hydrogens (tertiary/aromatic N) is 1. The van der Waals surface area contributed by atoms with Crippen LogP contribution in [0.1, 0.15) is 5.56 Å². The third-order valence-corrected chi connectivity index (χ3v) is 7.09. The summed E-state index contributed by atoms with van der Waals surface area (Å²) in [6, 6.07) is 16.7. The van der Waals surface area contributed by atoms with E-state index in [1.165, 1.54) is 13.2 Å². The highest BCUT2D eigenvalue weighted by Gasteiger charge is 2.35. The van der Waals surface area contributed by atoms with E-state index < -0.39 is 17.1 Å². The molecule has 3 amide bonds. The first kappa shape index (κ1) is 28.6. The van der Waals surface area contributed by atoms with E-state index in [4.69, 9.17) is 49.0 Å². The molecule has 4 rings (SSSR count). The van der Waals surface area contributed by atoms with Crippen molar-refractivity contribution in [1.29, 1.82) is 0 Å². The second-order valence-corrected chi connectivity index (χ2v) is 10.2. The lowest BCUT2D eigenvalue weighted by Gasteiger charge is -2.14. The van der Waals surface area contributed by atoms with E-state index >= 15 is 0 Å². The number of benzene rings is 3. The number of hydrogen-bond donors (Lipinski definition) is 1. The third kappa shape index (κ3) is 7.39. The molecule has 3 aromatic carbocycles. The van der Waals surface area contributed by atoms with Gasteiger partial charge in [-0.25, -0.2) is 0 Å². The maximum absolute atomic E-state index is 12.9. The van der Waals surface area contributed by atoms with Crippen molar-refractivity contribution in [3.8, 4) is 17.2 Å². The number of ether oxygens (including phenoxy) is 3. The zero-order valence-corrected chi connectivity index (χ0v) is 23.5. The van der Waals surface area contributed by atoms with Crippen LogP contribution in [0.15, 0.2) is 65.6 Å². The number of imide groups is 1. The van der Waals surface area contributed by atoms with Crippen molar-refractivity contribution in [3.05, 3.63) is 86.2 Å². The Labute approximate surface area is 243 Å². The molecule has 1 N–H and O–H groups in total. The van der Waals surface area contributed by atoms with E-state index in [1.807, 2.05) is 0 Å². The van der Waals surface area contributed by atoms with Crippen LogP contribution in [0.3, 0.4) is 0 Å². The molecular formula is C27H21Cl3N2O6S. The average Bonchev–Trinajstić information content (AvgIpc) is 3.17. The lowest BCUT2D eigenvalue weighted by Crippen LogP contribution is -2.32. The maximum atomic E-state index is 12.9. The monoisotopic (exact) mass is 606 g/mol. The van der Waals surface area contributed by atoms with Gasteiger partial charge < -0.3 is 19.5 Å². The molecule has 39 heavy (non-hydrogen) atoms. The largest absolute Gasteiger partial charge is 0.493 e. The maximum Gasteiger partial charge on any atom is 0.293 e. The van der Waals surface area contributed by atoms with Gasteiger partial charge in [-0.05, 0) is 71.9 Å². The normalized spacial score (nSPS) is 14.1. The van der Waals surface area contributed by atoms with Crippen LogP contribution in [-0.4, -0.2) is 48.8 Å². The molecule has 3 aromatic rings. The Morgan fingerprint density at radius 2 is 1.74 bits per heavy atom. The number of hydrogen-bond acceptors (Lipinski definition) is 7. The zero-order chi connectivity index (χ0) is 27.9. The first-order valence-corrected chi connectivity index (χ1v) is 13.4. The number of anilines is 1. The SMILES string of the molecule is COc1cc(/C=C2\SC(=O)N(CCOc3ccc(Cl)cc3)C2=O)cc(Cl)c1OCC(=O)Nc1ccccc1Cl. The predicted octanol–water partition coefficient (Wildman–Crippen LogP) is 6.79. The molecule has 8 nitrogen and oxygen atoms in total. The van der Waals surface area contributed by atoms with Crippen LogP contribution in [0.5, 0.6) is 17.2 Å². The van der Waals surface area contributed by atoms with Crippen LogP contribution in [0.25, 0.3) is 6.08 Å². The third-order valence-electron chi connectivity index (χ3n) is 5.32. The molecule has 0 bridgehead atoms. The smallest absolute Gasteiger partial charge is 0.293 e. The Bertz CT molecular complexity index is 1430. The van der Waals surface area contributed by atoms with E-state index in [0.717, 1.165) is 16.7 Å². The molecule has 202 valence electrons. The minimum Gasteiger partial charge on any atom is -0.493 e. The fraction of sp³-hybridized carbons (Fsp3) is 0.148. The summed E-state index contributed by atoms with van der Waals surface area (Å²) in [7, 11) is 1.42. The van der Waals surface area contributed by atoms with Gasteiger partial charge >= 0.3 is 0 Å². The summed E-state index contributed by atoms with van der Waals surface area (Å²) in [6.45, 7) is -0.141. The van der Waals surface area contributed by atoms with E-state index in [2.05, 4.69) is 5.32 Å². The number of para-hydroxylation sites is 1. The Morgan fingerprint density at radius 3 is 2.46 bits per heavy atom. The summed E-state index contributed by atoms with van der Waals surface area (Å²) in [5.74, 6) is 0.0793. The fourth-order valence-electron chi connectivity index (χ4n) is 3.48. The van der Waals surface area contributed by atoms with Crippen molar-refractivity contribution in [2.45, 2.75) is 0 Å². The van der Waals surface area contributed by atoms with Crippen LogP contribution in [-0.2, 0) is 9.59 Å². The molecule has 1 saturated heterocycles. The topological polar surface area (TPSA) is 94.2 Å². The van der Waals surface area contributed by atoms with Crippen LogP contribution >= 0.6 is 46.6 Å². The van der Waals surface area contributed by atoms with Crippen LogP contribution < -0.4 is 19.5 Å². The van der Waals surface area contributed by atoms with Gasteiger partial charge in [0, 0.05) is 5.02 Å². The summed E-state index contributed by atoms with van der Waals surface area (Å²) < 4.78 is 16.6. The Morgan fingerprint density at radius 1 is 1.00 bits per heavy atom. The summed E-state index contributed by atoms with van der Waals surface area (Å²) in [6.07, 6.45) is 1.53. The van der Waals surface area contributed by atoms with Gasteiger partial charge in [0.1, 0.15) is 12.4 Å². The van der Waals surface area contributed by atoms with Gasteiger partial charge in [0.2, 0.25) is 0 Å². The minimum atomic E-state index is -0.448. The number of thioether (sulfide) groups is 1. The number of carbonyl (C=O) groups excluding carboxylic acids is 3. The molecule has 0 radical (unpaired) electrons. The molecule has 0 spiro atoms. The molecule has 1 heterocycles. The zero-order valence-electron chi connectivity index (χ0n) is 20.4. The second-order valence-electron chi connectivity index (χ2n) is 7.99. The number of nitrogens with one attached hydrogen (secondary N) is 1. The van der Waals surface area contributed by atoms with E-state index in [0.29, 0.717) is 27.0 Å². The van der Waals surface area contributed by atoms with Crippen LogP contribution in [0.4, 0.5) is 10.5 Å². The standard InChI is InChI=1S/C27H21Cl3N2O6S/c1-36-22-13-16(12-20(30)25(22)38-15-24(33)31-21-5-3-2-4-19(21)29)14-23-26(34)32(27(35)39-23)10-11-37-18-8-6-17(28)7-9-18/h2-9,12-14H,10-11,15H2,1H3,(H,31,33)/b23-14-. The molecule has 0 unspecified atom stereocenters. The Kier molecular flexibility index (Phi) is 9.63. The Hall–Kier alpha value is -3.37. The lowest BCUT2D eigenvalue weighted by atomic mass is 10.1. The van der Waals surface area contributed by atoms with Gasteiger partial charge in [-0.15, -0.1) is 0 Å². The van der Waals surface area contributed by atoms with Gasteiger partial charge in [0.15, 0.2) is 18.1 Å². The summed E-state index contributed by atoms with van der Waals surface area (Å²) >= 11 is 19.2. The molecule has 0 atom stereocenters. The van der Waals surface area contributed by atoms with Crippen molar-refractivity contribution >= 4 is 75.4 Å². The van der Waals surface area contributed by atoms with Gasteiger partial charge in [0.25, 0.3) is 17.1 Å². The van der Waals surface area contributed by atoms with Crippen molar-refractivity contribution in [2.75, 3.05) is 32.2 Å². The van der Waals surface area contributed by atoms with Gasteiger partial charge in [-0.3, -0.25) is 19.3 Å². The average molecular weight is 608 g/mol. The highest BCUT2D eigenvalue weighted by Crippen LogP contribution is 2.39. The van der Waals surface area contributed by atoms with Gasteiger partial charge in [-0.1, -0.05) is 46.9 Å². The number of amides is 3. The highest BCUT2D eigenvalue weighted by atomic mass is 35.5. The molecule has 0 saturated carbocycles. The molecular weight excluding hydrogens is 587 g/mol. The van der Waals surface area contributed by atoms with Crippen molar-refractivity contribution in [1.82, 2.24) is 4.90 Å². The van der Waals surface area contributed by atoms with E-state index in [9.17, 15) is 14.4 Å². The van der Waals surface area contributed by atoms with Gasteiger partial charge in [0.05, 0.1) is 34.3 Å². The summed E-state index contributed by atoms with van der Waals surface area (Å²) in [5.41, 5.74) is 0.958. The molecule has 0 aromatic heterocycles. The number of halogens is 3. The van der Waals surface area contributed by atoms with Gasteiger partial charge in [-0.2, -0.15) is 0 Å². The molecule has 1 aliphatic heterocycles. The lowest BCUT2D eigenvalue weighted by molar-refractivity contribution is -0.123. The number of methoxy groups -OCH3 is 1. The first-order chi connectivity index (χ1) is 18.7. The summed E-state index contributed by atoms with van der Waals surface area (Å²) in [4.78, 5) is 39.0. The predicted molar refractivity (Wildman–Crippen MR) is 153 cm³/mol. The van der Waals surface area contributed by atoms with Crippen LogP contribution in [0, 0.1) is 0 Å². The summed E-state index contributed by atoms with van der Waals surface area (Å²) in [5, 5.41) is 3.37. The molecule has 1 fully saturated rings. The van der Waals surface area contributed by atoms with Crippen molar-refractivity contribution in [2.24, 2.45) is 0 Å². The highest BCUT2D eigenvalue weighted by molar-refractivity contribution is 8.18.